The molecule has 0 N–H and O–H groups in total. The Morgan fingerprint density at radius 1 is 0.200 bits per heavy atom. The molecule has 0 saturated carbocycles. The number of pyridine rings is 2. The van der Waals surface area contributed by atoms with Crippen LogP contribution in [0.5, 0.6) is 0 Å². The van der Waals surface area contributed by atoms with E-state index in [1.807, 2.05) is 30.7 Å². The normalized spacial score (nSPS) is 13.1. The maximum atomic E-state index is 5.33. The molecule has 0 fully saturated rings. The third-order valence-electron chi connectivity index (χ3n) is 23.5. The van der Waals surface area contributed by atoms with Crippen molar-refractivity contribution in [3.05, 3.63) is 375 Å². The maximum absolute atomic E-state index is 5.33. The van der Waals surface area contributed by atoms with E-state index in [9.17, 15) is 0 Å². The molecule has 6 nitrogen and oxygen atoms in total. The summed E-state index contributed by atoms with van der Waals surface area (Å²) in [6.07, 6.45) is 7.42. The minimum absolute atomic E-state index is 0.0477. The summed E-state index contributed by atoms with van der Waals surface area (Å²) in [5.41, 5.74) is 29.7. The lowest BCUT2D eigenvalue weighted by Gasteiger charge is -2.22. The Bertz CT molecular complexity index is 7010. The molecule has 110 heavy (non-hydrogen) atoms. The van der Waals surface area contributed by atoms with Gasteiger partial charge < -0.3 is 0 Å². The van der Waals surface area contributed by atoms with Gasteiger partial charge in [-0.25, -0.2) is 19.9 Å². The molecule has 4 heterocycles. The molecule has 22 rings (SSSR count). The molecule has 20 aromatic rings. The molecular formula is C104H70N6. The molecule has 4 aromatic heterocycles. The van der Waals surface area contributed by atoms with E-state index in [1.54, 1.807) is 6.20 Å². The summed E-state index contributed by atoms with van der Waals surface area (Å²) in [6.45, 7) is 9.33. The lowest BCUT2D eigenvalue weighted by molar-refractivity contribution is 0.660. The van der Waals surface area contributed by atoms with Crippen molar-refractivity contribution in [1.82, 2.24) is 29.9 Å². The van der Waals surface area contributed by atoms with E-state index in [0.29, 0.717) is 11.6 Å². The molecular weight excluding hydrogens is 1330 g/mol. The number of aromatic nitrogens is 6. The second kappa shape index (κ2) is 25.4. The number of fused-ring (bicyclic) bond motifs is 6. The van der Waals surface area contributed by atoms with Crippen molar-refractivity contribution < 1.29 is 0 Å². The number of hydrogen-bond donors (Lipinski definition) is 0. The van der Waals surface area contributed by atoms with Gasteiger partial charge in [-0.05, 0) is 191 Å². The molecule has 0 amide bonds. The average Bonchev–Trinajstić information content (AvgIpc) is 1.18. The fourth-order valence-electron chi connectivity index (χ4n) is 17.8. The third kappa shape index (κ3) is 10.7. The van der Waals surface area contributed by atoms with Gasteiger partial charge in [0.2, 0.25) is 0 Å². The second-order valence-electron chi connectivity index (χ2n) is 30.5. The largest absolute Gasteiger partial charge is 0.264 e. The topological polar surface area (TPSA) is 77.3 Å². The van der Waals surface area contributed by atoms with Crippen LogP contribution in [0.4, 0.5) is 0 Å². The van der Waals surface area contributed by atoms with Crippen LogP contribution in [-0.2, 0) is 10.8 Å². The molecule has 16 aromatic carbocycles. The van der Waals surface area contributed by atoms with Gasteiger partial charge in [0.05, 0.1) is 22.8 Å². The highest BCUT2D eigenvalue weighted by Crippen LogP contribution is 2.52. The molecule has 6 heteroatoms. The van der Waals surface area contributed by atoms with E-state index in [0.717, 1.165) is 78.4 Å². The zero-order chi connectivity index (χ0) is 73.3. The Morgan fingerprint density at radius 2 is 0.527 bits per heavy atom. The summed E-state index contributed by atoms with van der Waals surface area (Å²) in [6, 6.07) is 118. The van der Waals surface area contributed by atoms with Crippen molar-refractivity contribution in [2.24, 2.45) is 0 Å². The summed E-state index contributed by atoms with van der Waals surface area (Å²) < 4.78 is 0. The van der Waals surface area contributed by atoms with Crippen LogP contribution < -0.4 is 0 Å². The molecule has 0 saturated heterocycles. The average molecular weight is 1400 g/mol. The number of hydrogen-bond acceptors (Lipinski definition) is 6. The highest BCUT2D eigenvalue weighted by atomic mass is 14.9. The Kier molecular flexibility index (Phi) is 14.9. The van der Waals surface area contributed by atoms with Gasteiger partial charge >= 0.3 is 0 Å². The Hall–Kier alpha value is -13.9. The van der Waals surface area contributed by atoms with Crippen LogP contribution in [0.25, 0.3) is 199 Å². The SMILES string of the molecule is CC1(C)c2ccccc2-c2ccc(-c3ccc(-c4nc(-c5ccc(-c6cccnc6)cc5)cc(-c5ccc6ccc7cccc8ccc5c6c78)n4)cc3)cc21.CC1(C)c2ccccc2-c2ccc(-c3ccc(-c4nc(-c5cccc(-c6cccnc6)c5)cc(-c5ccc6ccc7cccc8ccc5c6c78)n4)cc3)cc21. The third-order valence-corrected chi connectivity index (χ3v) is 23.5. The van der Waals surface area contributed by atoms with Gasteiger partial charge in [0, 0.05) is 74.6 Å². The standard InChI is InChI=1S/2C52H35N3/c1-52(2)45-14-4-3-13-41(45)42-24-23-38(29-46(42)52)32-15-19-36(20-16-32)51-54-47(39-11-6-10-37(28-39)40-12-7-27-53-31-40)30-48(55-51)43-25-21-35-18-17-33-8-5-9-34-22-26-44(43)50(35)49(33)34;1-52(2)45-11-4-3-10-41(45)42-25-24-39(29-46(42)52)32-14-20-38(21-15-32)51-54-47(34-16-12-33(13-17-34)40-9-6-28-53-31-40)30-48(55-51)43-26-22-37-19-18-35-7-5-8-36-23-27-44(43)50(37)49(35)36/h2*3-31H,1-2H3. The van der Waals surface area contributed by atoms with E-state index in [2.05, 4.69) is 353 Å². The van der Waals surface area contributed by atoms with Crippen molar-refractivity contribution in [2.45, 2.75) is 38.5 Å². The predicted molar refractivity (Wildman–Crippen MR) is 457 cm³/mol. The zero-order valence-electron chi connectivity index (χ0n) is 61.2. The molecule has 0 aliphatic heterocycles. The zero-order valence-corrected chi connectivity index (χ0v) is 61.2. The highest BCUT2D eigenvalue weighted by Gasteiger charge is 2.37. The van der Waals surface area contributed by atoms with Crippen molar-refractivity contribution >= 4 is 64.6 Å². The van der Waals surface area contributed by atoms with Gasteiger partial charge in [-0.3, -0.25) is 9.97 Å². The molecule has 0 atom stereocenters. The van der Waals surface area contributed by atoms with Crippen LogP contribution in [0.15, 0.2) is 352 Å². The van der Waals surface area contributed by atoms with Crippen LogP contribution >= 0.6 is 0 Å². The fourth-order valence-corrected chi connectivity index (χ4v) is 17.8. The van der Waals surface area contributed by atoms with Gasteiger partial charge in [-0.15, -0.1) is 0 Å². The smallest absolute Gasteiger partial charge is 0.160 e. The number of nitrogens with zero attached hydrogens (tertiary/aromatic N) is 6. The van der Waals surface area contributed by atoms with Crippen molar-refractivity contribution in [1.29, 1.82) is 0 Å². The molecule has 2 aliphatic rings. The number of benzene rings is 16. The van der Waals surface area contributed by atoms with Crippen LogP contribution in [0.1, 0.15) is 49.9 Å². The van der Waals surface area contributed by atoms with Gasteiger partial charge in [0.15, 0.2) is 11.6 Å². The Labute approximate surface area is 638 Å². The van der Waals surface area contributed by atoms with E-state index < -0.39 is 0 Å². The highest BCUT2D eigenvalue weighted by molar-refractivity contribution is 6.27. The molecule has 0 bridgehead atoms. The summed E-state index contributed by atoms with van der Waals surface area (Å²) in [4.78, 5) is 29.8. The van der Waals surface area contributed by atoms with E-state index in [-0.39, 0.29) is 10.8 Å². The fraction of sp³-hybridized carbons (Fsp3) is 0.0577. The van der Waals surface area contributed by atoms with Crippen LogP contribution in [0, 0.1) is 0 Å². The summed E-state index contributed by atoms with van der Waals surface area (Å²) >= 11 is 0. The van der Waals surface area contributed by atoms with Crippen LogP contribution in [0.2, 0.25) is 0 Å². The van der Waals surface area contributed by atoms with Gasteiger partial charge in [-0.2, -0.15) is 0 Å². The maximum Gasteiger partial charge on any atom is 0.160 e. The first-order valence-electron chi connectivity index (χ1n) is 37.8. The Morgan fingerprint density at radius 3 is 0.991 bits per heavy atom. The minimum atomic E-state index is -0.0496. The Balaban J connectivity index is 0.000000140. The van der Waals surface area contributed by atoms with E-state index >= 15 is 0 Å². The van der Waals surface area contributed by atoms with Gasteiger partial charge in [0.1, 0.15) is 0 Å². The first-order valence-corrected chi connectivity index (χ1v) is 37.8. The first-order chi connectivity index (χ1) is 54.0. The van der Waals surface area contributed by atoms with Crippen LogP contribution in [-0.4, -0.2) is 29.9 Å². The van der Waals surface area contributed by atoms with Crippen molar-refractivity contribution in [2.75, 3.05) is 0 Å². The van der Waals surface area contributed by atoms with Gasteiger partial charge in [-0.1, -0.05) is 313 Å². The number of rotatable bonds is 10. The van der Waals surface area contributed by atoms with Crippen molar-refractivity contribution in [3.8, 4) is 135 Å². The molecule has 2 aliphatic carbocycles. The summed E-state index contributed by atoms with van der Waals surface area (Å²) in [7, 11) is 0. The quantitative estimate of drug-likeness (QED) is 0.127. The molecule has 0 spiro atoms. The lowest BCUT2D eigenvalue weighted by Crippen LogP contribution is -2.14. The molecule has 0 unspecified atom stereocenters. The lowest BCUT2D eigenvalue weighted by atomic mass is 9.81. The second-order valence-corrected chi connectivity index (χ2v) is 30.5. The summed E-state index contributed by atoms with van der Waals surface area (Å²) in [5, 5.41) is 15.0. The minimum Gasteiger partial charge on any atom is -0.264 e. The van der Waals surface area contributed by atoms with Crippen molar-refractivity contribution in [3.63, 3.8) is 0 Å². The van der Waals surface area contributed by atoms with Crippen LogP contribution in [0.3, 0.4) is 0 Å². The van der Waals surface area contributed by atoms with E-state index in [1.165, 1.54) is 131 Å². The predicted octanol–water partition coefficient (Wildman–Crippen LogP) is 26.8. The van der Waals surface area contributed by atoms with Gasteiger partial charge in [0.25, 0.3) is 0 Å². The monoisotopic (exact) mass is 1400 g/mol. The molecule has 0 radical (unpaired) electrons. The van der Waals surface area contributed by atoms with E-state index in [4.69, 9.17) is 19.9 Å². The molecule has 516 valence electrons. The summed E-state index contributed by atoms with van der Waals surface area (Å²) in [5.74, 6) is 1.40. The first kappa shape index (κ1) is 64.4.